The topological polar surface area (TPSA) is 48.4 Å². The van der Waals surface area contributed by atoms with Gasteiger partial charge in [0.15, 0.2) is 0 Å². The molecule has 0 spiro atoms. The quantitative estimate of drug-likeness (QED) is 0.613. The fourth-order valence-electron chi connectivity index (χ4n) is 1.54. The number of rotatable bonds is 3. The van der Waals surface area contributed by atoms with Gasteiger partial charge in [-0.1, -0.05) is 0 Å². The van der Waals surface area contributed by atoms with Crippen LogP contribution < -0.4 is 4.74 Å². The molecule has 0 N–H and O–H groups in total. The molecule has 0 radical (unpaired) electrons. The summed E-state index contributed by atoms with van der Waals surface area (Å²) in [4.78, 5) is 15.7. The highest BCUT2D eigenvalue weighted by molar-refractivity contribution is 14.1. The zero-order valence-corrected chi connectivity index (χ0v) is 12.7. The number of nitrogens with zero attached hydrogens (tertiary/aromatic N) is 1. The minimum Gasteiger partial charge on any atom is -0.465 e. The first-order chi connectivity index (χ1) is 9.10. The summed E-state index contributed by atoms with van der Waals surface area (Å²) in [6.45, 7) is 1.74. The first-order valence-corrected chi connectivity index (χ1v) is 6.67. The van der Waals surface area contributed by atoms with Crippen LogP contribution in [0.25, 0.3) is 0 Å². The Hall–Kier alpha value is -1.63. The van der Waals surface area contributed by atoms with Crippen LogP contribution in [0, 0.1) is 10.5 Å². The molecule has 0 aliphatic rings. The minimum absolute atomic E-state index is 0.397. The number of pyridine rings is 1. The smallest absolute Gasteiger partial charge is 0.339 e. The van der Waals surface area contributed by atoms with E-state index in [1.165, 1.54) is 7.11 Å². The standard InChI is InChI=1S/C14H12INO3/c1-9-12(14(17)18-2)7-8-13(16-9)19-11-5-3-10(15)4-6-11/h3-8H,1-2H3. The second-order valence-corrected chi connectivity index (χ2v) is 5.08. The maximum atomic E-state index is 11.4. The molecule has 2 aromatic rings. The van der Waals surface area contributed by atoms with Crippen LogP contribution in [-0.2, 0) is 4.74 Å². The van der Waals surface area contributed by atoms with Crippen molar-refractivity contribution in [1.82, 2.24) is 4.98 Å². The van der Waals surface area contributed by atoms with Gasteiger partial charge in [0.1, 0.15) is 5.75 Å². The molecule has 1 heterocycles. The van der Waals surface area contributed by atoms with Crippen LogP contribution in [0.1, 0.15) is 16.1 Å². The van der Waals surface area contributed by atoms with Gasteiger partial charge in [0, 0.05) is 9.64 Å². The van der Waals surface area contributed by atoms with Gasteiger partial charge < -0.3 is 9.47 Å². The molecular weight excluding hydrogens is 357 g/mol. The van der Waals surface area contributed by atoms with Crippen molar-refractivity contribution in [2.24, 2.45) is 0 Å². The summed E-state index contributed by atoms with van der Waals surface area (Å²) in [7, 11) is 1.35. The van der Waals surface area contributed by atoms with E-state index in [0.717, 1.165) is 3.57 Å². The van der Waals surface area contributed by atoms with Gasteiger partial charge in [-0.15, -0.1) is 0 Å². The van der Waals surface area contributed by atoms with Gasteiger partial charge in [-0.05, 0) is 59.8 Å². The lowest BCUT2D eigenvalue weighted by molar-refractivity contribution is 0.0599. The monoisotopic (exact) mass is 369 g/mol. The van der Waals surface area contributed by atoms with Crippen molar-refractivity contribution in [2.45, 2.75) is 6.92 Å². The molecule has 1 aromatic carbocycles. The number of aromatic nitrogens is 1. The van der Waals surface area contributed by atoms with E-state index in [0.29, 0.717) is 22.9 Å². The zero-order chi connectivity index (χ0) is 13.8. The number of carbonyl (C=O) groups is 1. The van der Waals surface area contributed by atoms with Gasteiger partial charge in [-0.3, -0.25) is 0 Å². The Morgan fingerprint density at radius 3 is 2.42 bits per heavy atom. The van der Waals surface area contributed by atoms with Crippen molar-refractivity contribution in [3.63, 3.8) is 0 Å². The number of methoxy groups -OCH3 is 1. The van der Waals surface area contributed by atoms with Crippen LogP contribution in [0.2, 0.25) is 0 Å². The Morgan fingerprint density at radius 2 is 1.84 bits per heavy atom. The number of hydrogen-bond donors (Lipinski definition) is 0. The Labute approximate surface area is 124 Å². The molecule has 0 bridgehead atoms. The van der Waals surface area contributed by atoms with Crippen molar-refractivity contribution < 1.29 is 14.3 Å². The van der Waals surface area contributed by atoms with Crippen molar-refractivity contribution in [2.75, 3.05) is 7.11 Å². The highest BCUT2D eigenvalue weighted by Crippen LogP contribution is 2.21. The number of carbonyl (C=O) groups excluding carboxylic acids is 1. The second-order valence-electron chi connectivity index (χ2n) is 3.83. The van der Waals surface area contributed by atoms with Crippen molar-refractivity contribution in [1.29, 1.82) is 0 Å². The van der Waals surface area contributed by atoms with Crippen molar-refractivity contribution >= 4 is 28.6 Å². The summed E-state index contributed by atoms with van der Waals surface area (Å²) in [5.41, 5.74) is 1.02. The molecule has 5 heteroatoms. The van der Waals surface area contributed by atoms with E-state index in [1.807, 2.05) is 24.3 Å². The number of aryl methyl sites for hydroxylation is 1. The van der Waals surface area contributed by atoms with Crippen LogP contribution in [0.4, 0.5) is 0 Å². The zero-order valence-electron chi connectivity index (χ0n) is 10.5. The Morgan fingerprint density at radius 1 is 1.16 bits per heavy atom. The number of esters is 1. The lowest BCUT2D eigenvalue weighted by Gasteiger charge is -2.07. The average Bonchev–Trinajstić information content (AvgIpc) is 2.41. The van der Waals surface area contributed by atoms with Crippen LogP contribution in [0.5, 0.6) is 11.6 Å². The summed E-state index contributed by atoms with van der Waals surface area (Å²) in [6.07, 6.45) is 0. The SMILES string of the molecule is COC(=O)c1ccc(Oc2ccc(I)cc2)nc1C. The van der Waals surface area contributed by atoms with E-state index >= 15 is 0 Å². The predicted octanol–water partition coefficient (Wildman–Crippen LogP) is 3.57. The predicted molar refractivity (Wildman–Crippen MR) is 79.5 cm³/mol. The van der Waals surface area contributed by atoms with Gasteiger partial charge in [-0.25, -0.2) is 9.78 Å². The molecule has 1 aromatic heterocycles. The summed E-state index contributed by atoms with van der Waals surface area (Å²) < 4.78 is 11.4. The van der Waals surface area contributed by atoms with Gasteiger partial charge >= 0.3 is 5.97 Å². The Bertz CT molecular complexity index is 596. The summed E-state index contributed by atoms with van der Waals surface area (Å²) in [5.74, 6) is 0.760. The van der Waals surface area contributed by atoms with Crippen molar-refractivity contribution in [3.05, 3.63) is 51.2 Å². The third kappa shape index (κ3) is 3.44. The number of benzene rings is 1. The molecule has 0 aliphatic heterocycles. The molecule has 4 nitrogen and oxygen atoms in total. The van der Waals surface area contributed by atoms with Crippen LogP contribution in [-0.4, -0.2) is 18.1 Å². The number of ether oxygens (including phenoxy) is 2. The highest BCUT2D eigenvalue weighted by atomic mass is 127. The largest absolute Gasteiger partial charge is 0.465 e. The number of hydrogen-bond acceptors (Lipinski definition) is 4. The Kier molecular flexibility index (Phi) is 4.36. The van der Waals surface area contributed by atoms with Crippen LogP contribution in [0.3, 0.4) is 0 Å². The molecule has 2 rings (SSSR count). The lowest BCUT2D eigenvalue weighted by atomic mass is 10.2. The lowest BCUT2D eigenvalue weighted by Crippen LogP contribution is -2.05. The first kappa shape index (κ1) is 13.8. The average molecular weight is 369 g/mol. The molecule has 0 aliphatic carbocycles. The molecule has 98 valence electrons. The summed E-state index contributed by atoms with van der Waals surface area (Å²) >= 11 is 2.23. The maximum absolute atomic E-state index is 11.4. The molecule has 0 saturated carbocycles. The minimum atomic E-state index is -0.397. The van der Waals surface area contributed by atoms with E-state index in [-0.39, 0.29) is 0 Å². The molecular formula is C14H12INO3. The molecule has 0 amide bonds. The van der Waals surface area contributed by atoms with Gasteiger partial charge in [0.2, 0.25) is 5.88 Å². The molecule has 0 atom stereocenters. The molecule has 0 unspecified atom stereocenters. The normalized spacial score (nSPS) is 10.1. The van der Waals surface area contributed by atoms with E-state index in [2.05, 4.69) is 32.3 Å². The van der Waals surface area contributed by atoms with E-state index in [4.69, 9.17) is 4.74 Å². The Balaban J connectivity index is 2.20. The third-order valence-electron chi connectivity index (χ3n) is 2.50. The number of halogens is 1. The third-order valence-corrected chi connectivity index (χ3v) is 3.22. The van der Waals surface area contributed by atoms with Gasteiger partial charge in [0.05, 0.1) is 18.4 Å². The highest BCUT2D eigenvalue weighted by Gasteiger charge is 2.11. The van der Waals surface area contributed by atoms with E-state index in [9.17, 15) is 4.79 Å². The van der Waals surface area contributed by atoms with E-state index < -0.39 is 5.97 Å². The molecule has 0 fully saturated rings. The second kappa shape index (κ2) is 6.01. The van der Waals surface area contributed by atoms with Crippen LogP contribution in [0.15, 0.2) is 36.4 Å². The molecule has 19 heavy (non-hydrogen) atoms. The van der Waals surface area contributed by atoms with Crippen LogP contribution >= 0.6 is 22.6 Å². The fraction of sp³-hybridized carbons (Fsp3) is 0.143. The maximum Gasteiger partial charge on any atom is 0.339 e. The van der Waals surface area contributed by atoms with E-state index in [1.54, 1.807) is 19.1 Å². The molecule has 0 saturated heterocycles. The van der Waals surface area contributed by atoms with Gasteiger partial charge in [0.25, 0.3) is 0 Å². The van der Waals surface area contributed by atoms with Crippen molar-refractivity contribution in [3.8, 4) is 11.6 Å². The first-order valence-electron chi connectivity index (χ1n) is 5.59. The fourth-order valence-corrected chi connectivity index (χ4v) is 1.90. The summed E-state index contributed by atoms with van der Waals surface area (Å²) in [5, 5.41) is 0. The summed E-state index contributed by atoms with van der Waals surface area (Å²) in [6, 6.07) is 10.9. The van der Waals surface area contributed by atoms with Gasteiger partial charge in [-0.2, -0.15) is 0 Å².